The van der Waals surface area contributed by atoms with Crippen LogP contribution in [0.2, 0.25) is 0 Å². The maximum atomic E-state index is 11.4. The zero-order valence-corrected chi connectivity index (χ0v) is 18.4. The van der Waals surface area contributed by atoms with E-state index in [1.54, 1.807) is 0 Å². The molecule has 3 rings (SSSR count). The highest BCUT2D eigenvalue weighted by molar-refractivity contribution is 5.67. The summed E-state index contributed by atoms with van der Waals surface area (Å²) in [5, 5.41) is 0. The second-order valence-corrected chi connectivity index (χ2v) is 9.26. The molecule has 0 amide bonds. The summed E-state index contributed by atoms with van der Waals surface area (Å²) in [6.07, 6.45) is 12.3. The van der Waals surface area contributed by atoms with Gasteiger partial charge < -0.3 is 14.2 Å². The summed E-state index contributed by atoms with van der Waals surface area (Å²) in [5.41, 5.74) is 3.37. The van der Waals surface area contributed by atoms with Gasteiger partial charge in [-0.1, -0.05) is 30.7 Å². The fraction of sp³-hybridized carbons (Fsp3) is 0.667. The molecule has 0 spiro atoms. The van der Waals surface area contributed by atoms with Gasteiger partial charge in [0.2, 0.25) is 0 Å². The lowest BCUT2D eigenvalue weighted by Crippen LogP contribution is -2.26. The Morgan fingerprint density at radius 2 is 1.79 bits per heavy atom. The third-order valence-corrected chi connectivity index (χ3v) is 6.78. The quantitative estimate of drug-likeness (QED) is 0.388. The van der Waals surface area contributed by atoms with E-state index in [0.717, 1.165) is 43.3 Å². The Morgan fingerprint density at radius 3 is 2.41 bits per heavy atom. The molecule has 1 fully saturated rings. The number of fused-ring (bicyclic) bond motifs is 2. The fourth-order valence-electron chi connectivity index (χ4n) is 4.67. The minimum atomic E-state index is -0.335. The Hall–Kier alpha value is -1.88. The monoisotopic (exact) mass is 402 g/mol. The molecule has 0 unspecified atom stereocenters. The number of carbonyl (C=O) groups is 2. The van der Waals surface area contributed by atoms with Crippen LogP contribution in [0.1, 0.15) is 66.7 Å². The lowest BCUT2D eigenvalue weighted by atomic mass is 9.72. The maximum absolute atomic E-state index is 11.4. The van der Waals surface area contributed by atoms with Crippen molar-refractivity contribution in [1.29, 1.82) is 0 Å². The van der Waals surface area contributed by atoms with Gasteiger partial charge in [0.15, 0.2) is 0 Å². The third-order valence-electron chi connectivity index (χ3n) is 6.78. The first-order valence-corrected chi connectivity index (χ1v) is 10.6. The standard InChI is InChI=1S/C24H34O5/c1-16-6-7-22-24(5,29-22)13-10-21-20(9-12-23(21,4)11-8-16)19(14-27-17(2)25)15-28-18(3)26/h8-9,12,21-22H,6-7,10-11,13-15H2,1-5H3/b16-8-/t21-,22-,23-,24-/m0/s1. The summed E-state index contributed by atoms with van der Waals surface area (Å²) in [5.74, 6) is -0.399. The molecule has 0 saturated carbocycles. The molecule has 0 aromatic heterocycles. The van der Waals surface area contributed by atoms with Crippen molar-refractivity contribution in [2.45, 2.75) is 78.4 Å². The van der Waals surface area contributed by atoms with Gasteiger partial charge in [-0.05, 0) is 62.9 Å². The molecule has 0 radical (unpaired) electrons. The summed E-state index contributed by atoms with van der Waals surface area (Å²) in [7, 11) is 0. The maximum Gasteiger partial charge on any atom is 0.302 e. The van der Waals surface area contributed by atoms with E-state index in [1.807, 2.05) is 0 Å². The second kappa shape index (κ2) is 8.47. The minimum absolute atomic E-state index is 0.0145. The molecule has 29 heavy (non-hydrogen) atoms. The molecule has 1 saturated heterocycles. The van der Waals surface area contributed by atoms with Gasteiger partial charge in [-0.2, -0.15) is 0 Å². The SMILES string of the molecule is CC(=O)OCC(COC(C)=O)=C1C=C[C@]2(C)C/C=C(/C)CC[C@@H]3O[C@@]3(C)CC[C@@H]12. The summed E-state index contributed by atoms with van der Waals surface area (Å²) in [6.45, 7) is 9.82. The Balaban J connectivity index is 1.92. The second-order valence-electron chi connectivity index (χ2n) is 9.26. The van der Waals surface area contributed by atoms with Gasteiger partial charge in [0, 0.05) is 19.4 Å². The van der Waals surface area contributed by atoms with Crippen molar-refractivity contribution >= 4 is 11.9 Å². The van der Waals surface area contributed by atoms with E-state index in [9.17, 15) is 9.59 Å². The zero-order chi connectivity index (χ0) is 21.2. The minimum Gasteiger partial charge on any atom is -0.461 e. The van der Waals surface area contributed by atoms with Gasteiger partial charge in [-0.25, -0.2) is 0 Å². The van der Waals surface area contributed by atoms with Crippen LogP contribution in [-0.2, 0) is 23.8 Å². The summed E-state index contributed by atoms with van der Waals surface area (Å²) in [4.78, 5) is 22.8. The molecule has 1 aliphatic heterocycles. The van der Waals surface area contributed by atoms with Crippen LogP contribution in [-0.4, -0.2) is 36.9 Å². The molecule has 3 aliphatic rings. The Bertz CT molecular complexity index is 741. The van der Waals surface area contributed by atoms with E-state index in [1.165, 1.54) is 19.4 Å². The topological polar surface area (TPSA) is 65.1 Å². The lowest BCUT2D eigenvalue weighted by Gasteiger charge is -2.32. The van der Waals surface area contributed by atoms with Crippen molar-refractivity contribution in [2.75, 3.05) is 13.2 Å². The smallest absolute Gasteiger partial charge is 0.302 e. The van der Waals surface area contributed by atoms with Gasteiger partial charge >= 0.3 is 11.9 Å². The van der Waals surface area contributed by atoms with Crippen LogP contribution in [0.15, 0.2) is 34.9 Å². The molecule has 5 nitrogen and oxygen atoms in total. The van der Waals surface area contributed by atoms with E-state index in [4.69, 9.17) is 14.2 Å². The van der Waals surface area contributed by atoms with Crippen molar-refractivity contribution in [3.05, 3.63) is 34.9 Å². The van der Waals surface area contributed by atoms with E-state index >= 15 is 0 Å². The first-order valence-electron chi connectivity index (χ1n) is 10.6. The highest BCUT2D eigenvalue weighted by atomic mass is 16.6. The molecule has 4 atom stereocenters. The number of rotatable bonds is 4. The van der Waals surface area contributed by atoms with E-state index in [-0.39, 0.29) is 42.1 Å². The van der Waals surface area contributed by atoms with Crippen LogP contribution in [0.25, 0.3) is 0 Å². The molecule has 0 bridgehead atoms. The largest absolute Gasteiger partial charge is 0.461 e. The number of carbonyl (C=O) groups excluding carboxylic acids is 2. The van der Waals surface area contributed by atoms with Crippen LogP contribution in [0.3, 0.4) is 0 Å². The van der Waals surface area contributed by atoms with Crippen LogP contribution in [0.4, 0.5) is 0 Å². The van der Waals surface area contributed by atoms with E-state index in [2.05, 4.69) is 39.0 Å². The predicted molar refractivity (Wildman–Crippen MR) is 111 cm³/mol. The van der Waals surface area contributed by atoms with Gasteiger partial charge in [0.25, 0.3) is 0 Å². The summed E-state index contributed by atoms with van der Waals surface area (Å²) in [6, 6.07) is 0. The molecule has 0 aromatic rings. The molecule has 160 valence electrons. The Morgan fingerprint density at radius 1 is 1.14 bits per heavy atom. The summed E-state index contributed by atoms with van der Waals surface area (Å²) < 4.78 is 16.6. The van der Waals surface area contributed by atoms with Crippen molar-refractivity contribution in [3.8, 4) is 0 Å². The normalized spacial score (nSPS) is 35.5. The molecule has 1 heterocycles. The average molecular weight is 403 g/mol. The first kappa shape index (κ1) is 21.8. The molecular formula is C24H34O5. The van der Waals surface area contributed by atoms with Crippen LogP contribution >= 0.6 is 0 Å². The molecule has 5 heteroatoms. The van der Waals surface area contributed by atoms with Crippen LogP contribution in [0, 0.1) is 11.3 Å². The number of epoxide rings is 1. The average Bonchev–Trinajstić information content (AvgIpc) is 3.18. The number of allylic oxidation sites excluding steroid dienone is 5. The lowest BCUT2D eigenvalue weighted by molar-refractivity contribution is -0.141. The van der Waals surface area contributed by atoms with Crippen molar-refractivity contribution in [2.24, 2.45) is 11.3 Å². The third kappa shape index (κ3) is 5.19. The fourth-order valence-corrected chi connectivity index (χ4v) is 4.67. The Labute approximate surface area is 174 Å². The van der Waals surface area contributed by atoms with Gasteiger partial charge in [-0.3, -0.25) is 9.59 Å². The number of hydrogen-bond acceptors (Lipinski definition) is 5. The highest BCUT2D eigenvalue weighted by Gasteiger charge is 2.52. The number of hydrogen-bond donors (Lipinski definition) is 0. The van der Waals surface area contributed by atoms with Gasteiger partial charge in [0.05, 0.1) is 11.7 Å². The van der Waals surface area contributed by atoms with E-state index in [0.29, 0.717) is 6.10 Å². The first-order chi connectivity index (χ1) is 13.6. The van der Waals surface area contributed by atoms with E-state index < -0.39 is 0 Å². The van der Waals surface area contributed by atoms with Crippen LogP contribution < -0.4 is 0 Å². The molecule has 0 N–H and O–H groups in total. The van der Waals surface area contributed by atoms with Gasteiger partial charge in [0.1, 0.15) is 13.2 Å². The van der Waals surface area contributed by atoms with Crippen LogP contribution in [0.5, 0.6) is 0 Å². The molecule has 0 aromatic carbocycles. The molecular weight excluding hydrogens is 368 g/mol. The number of ether oxygens (including phenoxy) is 3. The Kier molecular flexibility index (Phi) is 6.37. The van der Waals surface area contributed by atoms with Gasteiger partial charge in [-0.15, -0.1) is 0 Å². The predicted octanol–water partition coefficient (Wildman–Crippen LogP) is 4.67. The highest BCUT2D eigenvalue weighted by Crippen LogP contribution is 2.52. The number of esters is 2. The van der Waals surface area contributed by atoms with Crippen molar-refractivity contribution in [3.63, 3.8) is 0 Å². The molecule has 2 aliphatic carbocycles. The summed E-state index contributed by atoms with van der Waals surface area (Å²) >= 11 is 0. The van der Waals surface area contributed by atoms with Crippen molar-refractivity contribution in [1.82, 2.24) is 0 Å². The zero-order valence-electron chi connectivity index (χ0n) is 18.4. The van der Waals surface area contributed by atoms with Crippen molar-refractivity contribution < 1.29 is 23.8 Å².